The number of aliphatic hydroxyl groups excluding tert-OH is 1. The topological polar surface area (TPSA) is 72.9 Å². The number of nitrogens with one attached hydrogen (secondary N) is 1. The van der Waals surface area contributed by atoms with Crippen LogP contribution in [0.1, 0.15) is 5.56 Å². The van der Waals surface area contributed by atoms with Crippen molar-refractivity contribution >= 4 is 28.3 Å². The van der Waals surface area contributed by atoms with Crippen molar-refractivity contribution in [2.24, 2.45) is 0 Å². The number of aliphatic hydroxyl groups is 1. The number of para-hydroxylation sites is 1. The number of amides is 2. The molecule has 3 aromatic rings. The van der Waals surface area contributed by atoms with E-state index in [4.69, 9.17) is 0 Å². The average molecular weight is 418 g/mol. The van der Waals surface area contributed by atoms with Crippen LogP contribution in [-0.4, -0.2) is 60.6 Å². The van der Waals surface area contributed by atoms with Crippen LogP contribution in [0.2, 0.25) is 0 Å². The normalized spacial score (nSPS) is 15.0. The minimum atomic E-state index is -0.925. The summed E-state index contributed by atoms with van der Waals surface area (Å²) >= 11 is 0. The van der Waals surface area contributed by atoms with E-state index in [9.17, 15) is 14.7 Å². The van der Waals surface area contributed by atoms with Crippen molar-refractivity contribution in [3.63, 3.8) is 0 Å². The van der Waals surface area contributed by atoms with E-state index in [0.717, 1.165) is 35.1 Å². The zero-order chi connectivity index (χ0) is 21.6. The molecule has 0 spiro atoms. The van der Waals surface area contributed by atoms with E-state index >= 15 is 0 Å². The summed E-state index contributed by atoms with van der Waals surface area (Å²) in [6, 6.07) is 22.9. The Hall–Kier alpha value is -3.38. The molecule has 2 amide bonds. The van der Waals surface area contributed by atoms with E-state index in [2.05, 4.69) is 22.3 Å². The van der Waals surface area contributed by atoms with E-state index < -0.39 is 12.6 Å². The Morgan fingerprint density at radius 3 is 2.29 bits per heavy atom. The van der Waals surface area contributed by atoms with Crippen LogP contribution in [0.15, 0.2) is 72.8 Å². The third-order valence-electron chi connectivity index (χ3n) is 5.76. The van der Waals surface area contributed by atoms with E-state index in [1.54, 1.807) is 4.90 Å². The van der Waals surface area contributed by atoms with Gasteiger partial charge in [-0.2, -0.15) is 0 Å². The summed E-state index contributed by atoms with van der Waals surface area (Å²) in [5.41, 5.74) is 2.04. The van der Waals surface area contributed by atoms with Crippen LogP contribution in [0.4, 0.5) is 5.69 Å². The molecule has 1 aliphatic heterocycles. The second-order valence-corrected chi connectivity index (χ2v) is 7.77. The number of piperazine rings is 1. The lowest BCUT2D eigenvalue weighted by Gasteiger charge is -2.37. The van der Waals surface area contributed by atoms with Gasteiger partial charge in [-0.1, -0.05) is 60.7 Å². The summed E-state index contributed by atoms with van der Waals surface area (Å²) in [5, 5.41) is 14.6. The van der Waals surface area contributed by atoms with Gasteiger partial charge in [-0.05, 0) is 28.5 Å². The van der Waals surface area contributed by atoms with Crippen molar-refractivity contribution in [3.05, 3.63) is 78.4 Å². The number of carbonyl (C=O) groups excluding carboxylic acids is 2. The molecule has 160 valence electrons. The lowest BCUT2D eigenvalue weighted by atomic mass is 10.0. The largest absolute Gasteiger partial charge is 0.394 e. The number of hydrogen-bond donors (Lipinski definition) is 2. The van der Waals surface area contributed by atoms with Crippen LogP contribution in [-0.2, 0) is 16.0 Å². The highest BCUT2D eigenvalue weighted by molar-refractivity contribution is 5.92. The van der Waals surface area contributed by atoms with E-state index in [-0.39, 0.29) is 18.2 Å². The Bertz CT molecular complexity index is 1040. The molecule has 1 fully saturated rings. The smallest absolute Gasteiger partial charge is 0.247 e. The Labute approximate surface area is 182 Å². The molecule has 6 nitrogen and oxygen atoms in total. The van der Waals surface area contributed by atoms with Gasteiger partial charge in [-0.25, -0.2) is 0 Å². The molecule has 1 heterocycles. The van der Waals surface area contributed by atoms with Gasteiger partial charge in [0.1, 0.15) is 6.04 Å². The van der Waals surface area contributed by atoms with Gasteiger partial charge < -0.3 is 20.2 Å². The van der Waals surface area contributed by atoms with Gasteiger partial charge in [0.25, 0.3) is 0 Å². The third-order valence-corrected chi connectivity index (χ3v) is 5.76. The van der Waals surface area contributed by atoms with Crippen LogP contribution < -0.4 is 10.2 Å². The SMILES string of the molecule is O=C(Cc1cccc2ccccc12)NC(CO)C(=O)N1CCN(c2ccccc2)CC1. The monoisotopic (exact) mass is 417 g/mol. The van der Waals surface area contributed by atoms with E-state index in [1.807, 2.05) is 60.7 Å². The maximum absolute atomic E-state index is 12.9. The highest BCUT2D eigenvalue weighted by atomic mass is 16.3. The van der Waals surface area contributed by atoms with Crippen molar-refractivity contribution in [2.45, 2.75) is 12.5 Å². The standard InChI is InChI=1S/C25H27N3O3/c29-18-23(25(31)28-15-13-27(14-16-28)21-10-2-1-3-11-21)26-24(30)17-20-9-6-8-19-7-4-5-12-22(19)20/h1-12,23,29H,13-18H2,(H,26,30). The maximum Gasteiger partial charge on any atom is 0.247 e. The number of fused-ring (bicyclic) bond motifs is 1. The predicted molar refractivity (Wildman–Crippen MR) is 122 cm³/mol. The number of hydrogen-bond acceptors (Lipinski definition) is 4. The maximum atomic E-state index is 12.9. The minimum absolute atomic E-state index is 0.160. The Morgan fingerprint density at radius 1 is 0.871 bits per heavy atom. The van der Waals surface area contributed by atoms with Crippen LogP contribution in [0.5, 0.6) is 0 Å². The van der Waals surface area contributed by atoms with Crippen LogP contribution in [0.25, 0.3) is 10.8 Å². The van der Waals surface area contributed by atoms with Crippen molar-refractivity contribution in [2.75, 3.05) is 37.7 Å². The molecule has 1 atom stereocenters. The molecular formula is C25H27N3O3. The van der Waals surface area contributed by atoms with Gasteiger partial charge in [0, 0.05) is 31.9 Å². The molecule has 0 bridgehead atoms. The van der Waals surface area contributed by atoms with Crippen molar-refractivity contribution in [1.29, 1.82) is 0 Å². The highest BCUT2D eigenvalue weighted by Gasteiger charge is 2.28. The number of carbonyl (C=O) groups is 2. The first-order valence-corrected chi connectivity index (χ1v) is 10.6. The molecule has 2 N–H and O–H groups in total. The Balaban J connectivity index is 1.35. The number of anilines is 1. The lowest BCUT2D eigenvalue weighted by molar-refractivity contribution is -0.137. The van der Waals surface area contributed by atoms with Gasteiger partial charge in [-0.3, -0.25) is 9.59 Å². The quantitative estimate of drug-likeness (QED) is 0.645. The van der Waals surface area contributed by atoms with Gasteiger partial charge >= 0.3 is 0 Å². The first kappa shape index (κ1) is 20.9. The molecule has 1 aliphatic rings. The van der Waals surface area contributed by atoms with Gasteiger partial charge in [0.15, 0.2) is 0 Å². The van der Waals surface area contributed by atoms with Gasteiger partial charge in [-0.15, -0.1) is 0 Å². The molecule has 1 unspecified atom stereocenters. The minimum Gasteiger partial charge on any atom is -0.394 e. The molecule has 0 radical (unpaired) electrons. The van der Waals surface area contributed by atoms with Crippen molar-refractivity contribution in [3.8, 4) is 0 Å². The van der Waals surface area contributed by atoms with Crippen LogP contribution >= 0.6 is 0 Å². The van der Waals surface area contributed by atoms with Crippen LogP contribution in [0, 0.1) is 0 Å². The van der Waals surface area contributed by atoms with Crippen molar-refractivity contribution in [1.82, 2.24) is 10.2 Å². The molecule has 31 heavy (non-hydrogen) atoms. The summed E-state index contributed by atoms with van der Waals surface area (Å²) in [6.07, 6.45) is 0.160. The predicted octanol–water partition coefficient (Wildman–Crippen LogP) is 2.21. The summed E-state index contributed by atoms with van der Waals surface area (Å²) < 4.78 is 0. The van der Waals surface area contributed by atoms with Gasteiger partial charge in [0.2, 0.25) is 11.8 Å². The molecule has 0 aromatic heterocycles. The molecular weight excluding hydrogens is 390 g/mol. The average Bonchev–Trinajstić information content (AvgIpc) is 2.83. The summed E-state index contributed by atoms with van der Waals surface area (Å²) in [4.78, 5) is 29.5. The fourth-order valence-corrected chi connectivity index (χ4v) is 4.09. The molecule has 0 saturated carbocycles. The van der Waals surface area contributed by atoms with Crippen LogP contribution in [0.3, 0.4) is 0 Å². The van der Waals surface area contributed by atoms with Gasteiger partial charge in [0.05, 0.1) is 13.0 Å². The fraction of sp³-hybridized carbons (Fsp3) is 0.280. The number of benzene rings is 3. The van der Waals surface area contributed by atoms with E-state index in [0.29, 0.717) is 13.1 Å². The first-order chi connectivity index (χ1) is 15.2. The Morgan fingerprint density at radius 2 is 1.55 bits per heavy atom. The Kier molecular flexibility index (Phi) is 6.48. The second-order valence-electron chi connectivity index (χ2n) is 7.77. The molecule has 4 rings (SSSR count). The molecule has 1 saturated heterocycles. The summed E-state index contributed by atoms with van der Waals surface area (Å²) in [7, 11) is 0. The van der Waals surface area contributed by atoms with E-state index in [1.165, 1.54) is 0 Å². The zero-order valence-corrected chi connectivity index (χ0v) is 17.4. The lowest BCUT2D eigenvalue weighted by Crippen LogP contribution is -2.56. The zero-order valence-electron chi connectivity index (χ0n) is 17.4. The molecule has 3 aromatic carbocycles. The number of rotatable bonds is 6. The molecule has 0 aliphatic carbocycles. The first-order valence-electron chi connectivity index (χ1n) is 10.6. The molecule has 6 heteroatoms. The highest BCUT2D eigenvalue weighted by Crippen LogP contribution is 2.19. The summed E-state index contributed by atoms with van der Waals surface area (Å²) in [6.45, 7) is 2.14. The second kappa shape index (κ2) is 9.62. The fourth-order valence-electron chi connectivity index (χ4n) is 4.09. The number of nitrogens with zero attached hydrogens (tertiary/aromatic N) is 2. The third kappa shape index (κ3) is 4.86. The summed E-state index contributed by atoms with van der Waals surface area (Å²) in [5.74, 6) is -0.506. The van der Waals surface area contributed by atoms with Crippen molar-refractivity contribution < 1.29 is 14.7 Å².